The first-order chi connectivity index (χ1) is 10.6. The number of nitrogens with one attached hydrogen (secondary N) is 2. The molecule has 0 unspecified atom stereocenters. The Hall–Kier alpha value is -2.81. The number of nitriles is 1. The van der Waals surface area contributed by atoms with Gasteiger partial charge in [-0.2, -0.15) is 5.26 Å². The van der Waals surface area contributed by atoms with Crippen LogP contribution in [0.5, 0.6) is 0 Å². The van der Waals surface area contributed by atoms with Crippen LogP contribution in [0.25, 0.3) is 0 Å². The Kier molecular flexibility index (Phi) is 3.55. The molecule has 22 heavy (non-hydrogen) atoms. The van der Waals surface area contributed by atoms with Crippen LogP contribution in [0, 0.1) is 11.3 Å². The maximum Gasteiger partial charge on any atom is 0.319 e. The van der Waals surface area contributed by atoms with Gasteiger partial charge in [-0.1, -0.05) is 19.1 Å². The fourth-order valence-corrected chi connectivity index (χ4v) is 2.88. The monoisotopic (exact) mass is 296 g/mol. The Balaban J connectivity index is 1.96. The van der Waals surface area contributed by atoms with E-state index in [1.807, 2.05) is 6.92 Å². The van der Waals surface area contributed by atoms with Crippen molar-refractivity contribution in [2.45, 2.75) is 19.4 Å². The van der Waals surface area contributed by atoms with Crippen molar-refractivity contribution in [2.24, 2.45) is 0 Å². The van der Waals surface area contributed by atoms with Crippen molar-refractivity contribution in [3.63, 3.8) is 0 Å². The summed E-state index contributed by atoms with van der Waals surface area (Å²) in [5, 5.41) is 14.4. The predicted molar refractivity (Wildman–Crippen MR) is 79.5 cm³/mol. The number of hydrogen-bond acceptors (Lipinski definition) is 3. The maximum atomic E-state index is 12.6. The van der Waals surface area contributed by atoms with Crippen LogP contribution in [0.1, 0.15) is 30.5 Å². The summed E-state index contributed by atoms with van der Waals surface area (Å²) in [6.45, 7) is 3.13. The second-order valence-electron chi connectivity index (χ2n) is 5.38. The summed E-state index contributed by atoms with van der Waals surface area (Å²) >= 11 is 0. The minimum atomic E-state index is -0.467. The number of urea groups is 1. The van der Waals surface area contributed by atoms with Crippen molar-refractivity contribution in [3.05, 3.63) is 46.7 Å². The Morgan fingerprint density at radius 2 is 2.05 bits per heavy atom. The second-order valence-corrected chi connectivity index (χ2v) is 5.38. The summed E-state index contributed by atoms with van der Waals surface area (Å²) in [5.41, 5.74) is 2.62. The van der Waals surface area contributed by atoms with Crippen LogP contribution in [0.15, 0.2) is 35.5 Å². The van der Waals surface area contributed by atoms with E-state index in [0.29, 0.717) is 29.9 Å². The summed E-state index contributed by atoms with van der Waals surface area (Å²) in [6.07, 6.45) is 0.870. The van der Waals surface area contributed by atoms with Gasteiger partial charge in [0, 0.05) is 6.54 Å². The molecule has 1 aromatic carbocycles. The van der Waals surface area contributed by atoms with Gasteiger partial charge in [0.15, 0.2) is 0 Å². The third-order valence-corrected chi connectivity index (χ3v) is 3.89. The van der Waals surface area contributed by atoms with E-state index < -0.39 is 6.04 Å². The van der Waals surface area contributed by atoms with Gasteiger partial charge in [0.05, 0.1) is 35.5 Å². The zero-order chi connectivity index (χ0) is 15.7. The molecule has 0 aromatic heterocycles. The fraction of sp³-hybridized carbons (Fsp3) is 0.312. The van der Waals surface area contributed by atoms with Crippen molar-refractivity contribution < 1.29 is 9.59 Å². The lowest BCUT2D eigenvalue weighted by Gasteiger charge is -2.25. The molecule has 2 heterocycles. The molecule has 0 saturated heterocycles. The smallest absolute Gasteiger partial charge is 0.319 e. The van der Waals surface area contributed by atoms with Crippen LogP contribution in [0.3, 0.4) is 0 Å². The zero-order valence-corrected chi connectivity index (χ0v) is 12.2. The number of benzene rings is 1. The van der Waals surface area contributed by atoms with Gasteiger partial charge in [-0.15, -0.1) is 0 Å². The van der Waals surface area contributed by atoms with Crippen molar-refractivity contribution in [1.29, 1.82) is 5.26 Å². The topological polar surface area (TPSA) is 85.2 Å². The minimum Gasteiger partial charge on any atom is -0.333 e. The molecule has 2 N–H and O–H groups in total. The molecule has 6 heteroatoms. The van der Waals surface area contributed by atoms with Crippen LogP contribution >= 0.6 is 0 Å². The van der Waals surface area contributed by atoms with E-state index in [1.54, 1.807) is 29.2 Å². The number of hydrogen-bond donors (Lipinski definition) is 2. The van der Waals surface area contributed by atoms with E-state index in [4.69, 9.17) is 5.26 Å². The zero-order valence-electron chi connectivity index (χ0n) is 12.2. The van der Waals surface area contributed by atoms with Crippen molar-refractivity contribution in [1.82, 2.24) is 15.5 Å². The first-order valence-electron chi connectivity index (χ1n) is 7.24. The molecule has 3 amide bonds. The van der Waals surface area contributed by atoms with Gasteiger partial charge >= 0.3 is 6.03 Å². The predicted octanol–water partition coefficient (Wildman–Crippen LogP) is 1.42. The van der Waals surface area contributed by atoms with Crippen LogP contribution in [-0.2, 0) is 4.79 Å². The minimum absolute atomic E-state index is 0.0429. The molecule has 1 atom stereocenters. The lowest BCUT2D eigenvalue weighted by atomic mass is 9.95. The first-order valence-corrected chi connectivity index (χ1v) is 7.24. The molecule has 0 fully saturated rings. The maximum absolute atomic E-state index is 12.6. The van der Waals surface area contributed by atoms with Gasteiger partial charge in [-0.3, -0.25) is 4.79 Å². The third kappa shape index (κ3) is 2.31. The highest BCUT2D eigenvalue weighted by Gasteiger charge is 2.39. The van der Waals surface area contributed by atoms with E-state index in [9.17, 15) is 9.59 Å². The van der Waals surface area contributed by atoms with Gasteiger partial charge in [0.25, 0.3) is 5.91 Å². The summed E-state index contributed by atoms with van der Waals surface area (Å²) in [6, 6.07) is 8.21. The van der Waals surface area contributed by atoms with E-state index in [1.165, 1.54) is 0 Å². The molecule has 0 spiro atoms. The molecule has 0 saturated carbocycles. The van der Waals surface area contributed by atoms with Gasteiger partial charge in [0.1, 0.15) is 0 Å². The first kappa shape index (κ1) is 14.1. The van der Waals surface area contributed by atoms with E-state index in [-0.39, 0.29) is 11.9 Å². The molecule has 1 aromatic rings. The highest BCUT2D eigenvalue weighted by molar-refractivity contribution is 6.01. The number of amides is 3. The molecular weight excluding hydrogens is 280 g/mol. The Bertz CT molecular complexity index is 700. The summed E-state index contributed by atoms with van der Waals surface area (Å²) < 4.78 is 0. The molecule has 2 aliphatic heterocycles. The summed E-state index contributed by atoms with van der Waals surface area (Å²) in [5.74, 6) is -0.0429. The molecule has 112 valence electrons. The number of carbonyl (C=O) groups is 2. The molecule has 3 rings (SSSR count). The Morgan fingerprint density at radius 1 is 1.32 bits per heavy atom. The lowest BCUT2D eigenvalue weighted by molar-refractivity contribution is -0.125. The van der Waals surface area contributed by atoms with Crippen molar-refractivity contribution in [3.8, 4) is 6.07 Å². The molecular formula is C16H16N4O2. The molecule has 0 radical (unpaired) electrons. The average Bonchev–Trinajstić information content (AvgIpc) is 2.83. The molecule has 2 aliphatic rings. The van der Waals surface area contributed by atoms with E-state index in [0.717, 1.165) is 12.0 Å². The highest BCUT2D eigenvalue weighted by atomic mass is 16.2. The molecule has 0 bridgehead atoms. The largest absolute Gasteiger partial charge is 0.333 e. The number of nitrogens with zero attached hydrogens (tertiary/aromatic N) is 2. The molecule has 0 aliphatic carbocycles. The van der Waals surface area contributed by atoms with Crippen LogP contribution in [0.2, 0.25) is 0 Å². The lowest BCUT2D eigenvalue weighted by Crippen LogP contribution is -2.44. The average molecular weight is 296 g/mol. The third-order valence-electron chi connectivity index (χ3n) is 3.89. The standard InChI is InChI=1S/C16H16N4O2/c1-2-7-20-9-12-13(15(20)21)14(19-16(22)18-12)11-5-3-10(8-17)4-6-11/h3-6,14H,2,7,9H2,1H3,(H2,18,19,22)/t14-/m1/s1. The SMILES string of the molecule is CCCN1CC2=C(C1=O)[C@@H](c1ccc(C#N)cc1)NC(=O)N2. The highest BCUT2D eigenvalue weighted by Crippen LogP contribution is 2.32. The van der Waals surface area contributed by atoms with E-state index in [2.05, 4.69) is 16.7 Å². The van der Waals surface area contributed by atoms with E-state index >= 15 is 0 Å². The van der Waals surface area contributed by atoms with Crippen LogP contribution < -0.4 is 10.6 Å². The summed E-state index contributed by atoms with van der Waals surface area (Å²) in [7, 11) is 0. The Morgan fingerprint density at radius 3 is 2.68 bits per heavy atom. The fourth-order valence-electron chi connectivity index (χ4n) is 2.88. The van der Waals surface area contributed by atoms with Gasteiger partial charge in [0.2, 0.25) is 0 Å². The van der Waals surface area contributed by atoms with Crippen LogP contribution in [0.4, 0.5) is 4.79 Å². The van der Waals surface area contributed by atoms with Gasteiger partial charge < -0.3 is 15.5 Å². The number of rotatable bonds is 3. The van der Waals surface area contributed by atoms with Gasteiger partial charge in [-0.25, -0.2) is 4.79 Å². The Labute approximate surface area is 128 Å². The van der Waals surface area contributed by atoms with Gasteiger partial charge in [-0.05, 0) is 24.1 Å². The van der Waals surface area contributed by atoms with Crippen molar-refractivity contribution in [2.75, 3.05) is 13.1 Å². The number of carbonyl (C=O) groups excluding carboxylic acids is 2. The van der Waals surface area contributed by atoms with Crippen molar-refractivity contribution >= 4 is 11.9 Å². The normalized spacial score (nSPS) is 20.4. The summed E-state index contributed by atoms with van der Waals surface area (Å²) in [4.78, 5) is 26.2. The quantitative estimate of drug-likeness (QED) is 0.884. The second kappa shape index (κ2) is 5.53. The van der Waals surface area contributed by atoms with Crippen LogP contribution in [-0.4, -0.2) is 29.9 Å². The molecule has 6 nitrogen and oxygen atoms in total.